The Morgan fingerprint density at radius 2 is 0.929 bits per heavy atom. The molecule has 2 aromatic rings. The minimum absolute atomic E-state index is 0.162. The maximum Gasteiger partial charge on any atom is 0.325 e. The summed E-state index contributed by atoms with van der Waals surface area (Å²) in [5.41, 5.74) is -0.647. The smallest absolute Gasteiger partial charge is 0.325 e. The molecule has 7 heteroatoms. The second-order valence-corrected chi connectivity index (χ2v) is 16.6. The fourth-order valence-corrected chi connectivity index (χ4v) is 5.39. The van der Waals surface area contributed by atoms with Crippen LogP contribution < -0.4 is 0 Å². The van der Waals surface area contributed by atoms with Crippen molar-refractivity contribution in [3.05, 3.63) is 57.6 Å². The van der Waals surface area contributed by atoms with E-state index in [9.17, 15) is 24.9 Å². The number of thiol groups is 1. The summed E-state index contributed by atoms with van der Waals surface area (Å²) in [5.74, 6) is -1.85. The highest BCUT2D eigenvalue weighted by atomic mass is 32.1. The standard InChI is InChI=1S/C35H52O6S/c1-20(42)41-30(40)35(29(38)39,18-21-14-23(31(2,3)4)27(36)24(15-21)32(5,6)7)19-22-16-25(33(8,9)10)28(37)26(17-22)34(11,12)13/h14-17,20,36-37,42H,18-19H2,1-13H3,(H,38,39). The van der Waals surface area contributed by atoms with E-state index in [1.165, 1.54) is 0 Å². The van der Waals surface area contributed by atoms with Crippen molar-refractivity contribution in [3.63, 3.8) is 0 Å². The van der Waals surface area contributed by atoms with E-state index in [1.54, 1.807) is 31.2 Å². The topological polar surface area (TPSA) is 104 Å². The highest BCUT2D eigenvalue weighted by Crippen LogP contribution is 2.44. The van der Waals surface area contributed by atoms with Crippen LogP contribution in [-0.4, -0.2) is 32.7 Å². The number of ether oxygens (including phenoxy) is 1. The summed E-state index contributed by atoms with van der Waals surface area (Å²) in [4.78, 5) is 27.1. The van der Waals surface area contributed by atoms with Gasteiger partial charge < -0.3 is 20.1 Å². The van der Waals surface area contributed by atoms with Gasteiger partial charge in [0.1, 0.15) is 16.9 Å². The Morgan fingerprint density at radius 3 is 1.12 bits per heavy atom. The predicted molar refractivity (Wildman–Crippen MR) is 173 cm³/mol. The molecule has 234 valence electrons. The van der Waals surface area contributed by atoms with Crippen molar-refractivity contribution in [1.29, 1.82) is 0 Å². The van der Waals surface area contributed by atoms with Gasteiger partial charge in [-0.1, -0.05) is 107 Å². The van der Waals surface area contributed by atoms with Gasteiger partial charge in [-0.2, -0.15) is 0 Å². The zero-order chi connectivity index (χ0) is 32.8. The fraction of sp³-hybridized carbons (Fsp3) is 0.600. The molecular formula is C35H52O6S. The lowest BCUT2D eigenvalue weighted by atomic mass is 9.71. The molecule has 0 saturated heterocycles. The van der Waals surface area contributed by atoms with Crippen molar-refractivity contribution in [2.24, 2.45) is 5.41 Å². The average Bonchev–Trinajstić information content (AvgIpc) is 2.76. The van der Waals surface area contributed by atoms with Gasteiger partial charge in [0, 0.05) is 0 Å². The van der Waals surface area contributed by atoms with Gasteiger partial charge in [-0.05, 0) is 74.8 Å². The molecule has 42 heavy (non-hydrogen) atoms. The number of phenols is 2. The van der Waals surface area contributed by atoms with Gasteiger partial charge in [0.15, 0.2) is 5.41 Å². The van der Waals surface area contributed by atoms with Crippen molar-refractivity contribution in [1.82, 2.24) is 0 Å². The number of phenolic OH excluding ortho intramolecular Hbond substituents is 2. The molecule has 0 aliphatic carbocycles. The van der Waals surface area contributed by atoms with Crippen LogP contribution in [0.3, 0.4) is 0 Å². The van der Waals surface area contributed by atoms with Crippen molar-refractivity contribution < 1.29 is 29.6 Å². The normalized spacial score (nSPS) is 14.0. The molecule has 6 nitrogen and oxygen atoms in total. The number of carbonyl (C=O) groups is 2. The first kappa shape index (κ1) is 35.5. The van der Waals surface area contributed by atoms with Crippen LogP contribution in [-0.2, 0) is 48.8 Å². The van der Waals surface area contributed by atoms with E-state index in [4.69, 9.17) is 4.74 Å². The van der Waals surface area contributed by atoms with Crippen LogP contribution in [0.5, 0.6) is 11.5 Å². The third kappa shape index (κ3) is 7.83. The zero-order valence-electron chi connectivity index (χ0n) is 27.8. The molecule has 0 fully saturated rings. The number of aromatic hydroxyl groups is 2. The average molecular weight is 601 g/mol. The second kappa shape index (κ2) is 11.8. The minimum atomic E-state index is -2.00. The molecule has 2 aromatic carbocycles. The van der Waals surface area contributed by atoms with Crippen LogP contribution in [0.1, 0.15) is 123 Å². The maximum atomic E-state index is 13.8. The summed E-state index contributed by atoms with van der Waals surface area (Å²) in [6.45, 7) is 25.4. The van der Waals surface area contributed by atoms with E-state index in [0.29, 0.717) is 33.4 Å². The second-order valence-electron chi connectivity index (χ2n) is 15.8. The Hall–Kier alpha value is -2.67. The third-order valence-corrected chi connectivity index (χ3v) is 7.77. The number of hydrogen-bond donors (Lipinski definition) is 4. The van der Waals surface area contributed by atoms with Crippen molar-refractivity contribution in [2.75, 3.05) is 0 Å². The molecule has 0 spiro atoms. The number of carbonyl (C=O) groups excluding carboxylic acids is 1. The quantitative estimate of drug-likeness (QED) is 0.111. The molecule has 1 unspecified atom stereocenters. The van der Waals surface area contributed by atoms with Crippen LogP contribution in [0.4, 0.5) is 0 Å². The van der Waals surface area contributed by atoms with Gasteiger partial charge in [-0.25, -0.2) is 0 Å². The number of rotatable bonds is 7. The molecule has 0 aliphatic rings. The summed E-state index contributed by atoms with van der Waals surface area (Å²) in [6.07, 6.45) is -0.324. The summed E-state index contributed by atoms with van der Waals surface area (Å²) >= 11 is 4.23. The summed E-state index contributed by atoms with van der Waals surface area (Å²) in [7, 11) is 0. The van der Waals surface area contributed by atoms with Gasteiger partial charge in [-0.3, -0.25) is 9.59 Å². The van der Waals surface area contributed by atoms with Gasteiger partial charge in [-0.15, -0.1) is 12.6 Å². The first-order valence-electron chi connectivity index (χ1n) is 14.6. The molecule has 0 aliphatic heterocycles. The number of esters is 1. The molecule has 0 saturated carbocycles. The number of benzene rings is 2. The van der Waals surface area contributed by atoms with E-state index in [-0.39, 0.29) is 24.3 Å². The monoisotopic (exact) mass is 600 g/mol. The van der Waals surface area contributed by atoms with Crippen LogP contribution in [0.25, 0.3) is 0 Å². The Labute approximate surface area is 258 Å². The van der Waals surface area contributed by atoms with E-state index in [0.717, 1.165) is 0 Å². The first-order valence-corrected chi connectivity index (χ1v) is 15.1. The number of aliphatic carboxylic acids is 1. The van der Waals surface area contributed by atoms with Crippen LogP contribution in [0.15, 0.2) is 24.3 Å². The van der Waals surface area contributed by atoms with Gasteiger partial charge in [0.25, 0.3) is 0 Å². The van der Waals surface area contributed by atoms with Gasteiger partial charge in [0.05, 0.1) is 0 Å². The molecule has 2 rings (SSSR count). The van der Waals surface area contributed by atoms with Crippen molar-refractivity contribution >= 4 is 24.6 Å². The summed E-state index contributed by atoms with van der Waals surface area (Å²) in [6, 6.07) is 7.21. The highest BCUT2D eigenvalue weighted by Gasteiger charge is 2.49. The Kier molecular flexibility index (Phi) is 9.97. The Morgan fingerprint density at radius 1 is 0.667 bits per heavy atom. The van der Waals surface area contributed by atoms with E-state index >= 15 is 0 Å². The van der Waals surface area contributed by atoms with E-state index in [1.807, 2.05) is 83.1 Å². The molecule has 1 atom stereocenters. The Bertz CT molecular complexity index is 1170. The third-order valence-electron chi connectivity index (χ3n) is 7.66. The lowest BCUT2D eigenvalue weighted by Gasteiger charge is -2.33. The molecule has 3 N–H and O–H groups in total. The van der Waals surface area contributed by atoms with E-state index in [2.05, 4.69) is 12.6 Å². The van der Waals surface area contributed by atoms with E-state index < -0.39 is 44.4 Å². The largest absolute Gasteiger partial charge is 0.507 e. The summed E-state index contributed by atoms with van der Waals surface area (Å²) in [5, 5.41) is 33.3. The molecule has 0 heterocycles. The Balaban J connectivity index is 2.94. The zero-order valence-corrected chi connectivity index (χ0v) is 28.7. The van der Waals surface area contributed by atoms with Crippen molar-refractivity contribution in [2.45, 2.75) is 130 Å². The van der Waals surface area contributed by atoms with Crippen LogP contribution in [0, 0.1) is 5.41 Å². The molecular weight excluding hydrogens is 548 g/mol. The van der Waals surface area contributed by atoms with Crippen molar-refractivity contribution in [3.8, 4) is 11.5 Å². The molecule has 0 aromatic heterocycles. The maximum absolute atomic E-state index is 13.8. The lowest BCUT2D eigenvalue weighted by molar-refractivity contribution is -0.169. The predicted octanol–water partition coefficient (Wildman–Crippen LogP) is 7.96. The summed E-state index contributed by atoms with van der Waals surface area (Å²) < 4.78 is 5.50. The number of carboxylic acids is 1. The van der Waals surface area contributed by atoms with Crippen LogP contribution >= 0.6 is 12.6 Å². The minimum Gasteiger partial charge on any atom is -0.507 e. The first-order chi connectivity index (χ1) is 18.7. The number of hydrogen-bond acceptors (Lipinski definition) is 6. The lowest BCUT2D eigenvalue weighted by Crippen LogP contribution is -2.45. The van der Waals surface area contributed by atoms with Gasteiger partial charge >= 0.3 is 11.9 Å². The molecule has 0 amide bonds. The number of carboxylic acid groups (broad SMARTS) is 1. The van der Waals surface area contributed by atoms with Gasteiger partial charge in [0.2, 0.25) is 0 Å². The molecule has 0 radical (unpaired) electrons. The van der Waals surface area contributed by atoms with Crippen LogP contribution in [0.2, 0.25) is 0 Å². The fourth-order valence-electron chi connectivity index (χ4n) is 5.29. The highest BCUT2D eigenvalue weighted by molar-refractivity contribution is 7.80. The molecule has 0 bridgehead atoms. The SMILES string of the molecule is CC(S)OC(=O)C(Cc1cc(C(C)(C)C)c(O)c(C(C)(C)C)c1)(Cc1cc(C(C)(C)C)c(O)c(C(C)(C)C)c1)C(=O)O.